The van der Waals surface area contributed by atoms with Crippen LogP contribution in [0.5, 0.6) is 0 Å². The number of hydrogen-bond acceptors (Lipinski definition) is 6. The Morgan fingerprint density at radius 2 is 1.55 bits per heavy atom. The van der Waals surface area contributed by atoms with Gasteiger partial charge in [-0.05, 0) is 77.9 Å². The first-order chi connectivity index (χ1) is 19.2. The van der Waals surface area contributed by atoms with E-state index in [-0.39, 0.29) is 14.7 Å². The fraction of sp³-hybridized carbons (Fsp3) is 0.938. The maximum absolute atomic E-state index is 13.8. The minimum absolute atomic E-state index is 0. The lowest BCUT2D eigenvalue weighted by Gasteiger charge is -2.45. The second-order valence-electron chi connectivity index (χ2n) is 12.9. The Labute approximate surface area is 249 Å². The van der Waals surface area contributed by atoms with Gasteiger partial charge in [0.1, 0.15) is 0 Å². The Balaban J connectivity index is 0.00000840. The van der Waals surface area contributed by atoms with Gasteiger partial charge in [0.25, 0.3) is 0 Å². The van der Waals surface area contributed by atoms with Crippen molar-refractivity contribution in [2.75, 3.05) is 66.1 Å². The van der Waals surface area contributed by atoms with E-state index in [1.807, 2.05) is 25.8 Å². The summed E-state index contributed by atoms with van der Waals surface area (Å²) in [7, 11) is 2.01. The Bertz CT molecular complexity index is 715. The number of carbonyl (C=O) groups is 2. The monoisotopic (exact) mass is 569 g/mol. The van der Waals surface area contributed by atoms with Gasteiger partial charge in [-0.15, -0.1) is 0 Å². The number of nitrogens with zero attached hydrogens (tertiary/aromatic N) is 4. The van der Waals surface area contributed by atoms with E-state index < -0.39 is 0 Å². The van der Waals surface area contributed by atoms with Crippen molar-refractivity contribution >= 4 is 11.8 Å². The van der Waals surface area contributed by atoms with E-state index in [1.54, 1.807) is 0 Å². The molecule has 2 unspecified atom stereocenters. The maximum Gasteiger partial charge on any atom is 0.225 e. The van der Waals surface area contributed by atoms with Gasteiger partial charge < -0.3 is 25.3 Å². The lowest BCUT2D eigenvalue weighted by molar-refractivity contribution is -0.139. The van der Waals surface area contributed by atoms with Crippen LogP contribution in [0, 0.1) is 11.8 Å². The van der Waals surface area contributed by atoms with E-state index in [4.69, 9.17) is 0 Å². The second kappa shape index (κ2) is 19.1. The molecule has 0 aliphatic carbocycles. The third kappa shape index (κ3) is 11.9. The molecular weight excluding hydrogens is 500 g/mol. The molecular formula is C32H68N6O2. The van der Waals surface area contributed by atoms with Crippen molar-refractivity contribution in [1.29, 1.82) is 0 Å². The van der Waals surface area contributed by atoms with Crippen LogP contribution in [0.4, 0.5) is 0 Å². The van der Waals surface area contributed by atoms with Crippen LogP contribution in [-0.4, -0.2) is 116 Å². The number of carbonyl (C=O) groups excluding carboxylic acids is 2. The normalized spacial score (nSPS) is 19.4. The van der Waals surface area contributed by atoms with Crippen LogP contribution in [0.2, 0.25) is 0 Å². The standard InChI is InChI=1S/C32H64N6O2.2H2/c1-8-27(5)24-35-20-13-30(14-21-35)38(31(39)12-10-18-34-28(6)9-2)25-37(19-11-17-33-7)29-15-22-36(23-16-29)32(40)26(3)4;;/h26-30,33-34H,8-25H2,1-7H3;2*1H. The summed E-state index contributed by atoms with van der Waals surface area (Å²) >= 11 is 0. The minimum Gasteiger partial charge on any atom is -0.342 e. The molecule has 2 aliphatic rings. The van der Waals surface area contributed by atoms with Crippen LogP contribution in [0.1, 0.15) is 102 Å². The SMILES string of the molecule is CCC(C)CN1CCC(N(CN(CCCNC)C2CCN(C(=O)C(C)C)CC2)C(=O)CCCNC(C)CC)CC1.[HH].[HH]. The summed E-state index contributed by atoms with van der Waals surface area (Å²) in [6.45, 7) is 21.6. The zero-order valence-corrected chi connectivity index (χ0v) is 27.2. The molecule has 8 nitrogen and oxygen atoms in total. The summed E-state index contributed by atoms with van der Waals surface area (Å²) in [4.78, 5) is 35.9. The number of piperidine rings is 2. The van der Waals surface area contributed by atoms with Crippen molar-refractivity contribution < 1.29 is 12.4 Å². The van der Waals surface area contributed by atoms with Gasteiger partial charge in [-0.1, -0.05) is 41.0 Å². The molecule has 0 bridgehead atoms. The van der Waals surface area contributed by atoms with Crippen LogP contribution in [-0.2, 0) is 9.59 Å². The molecule has 0 aromatic rings. The second-order valence-corrected chi connectivity index (χ2v) is 12.9. The van der Waals surface area contributed by atoms with Crippen LogP contribution >= 0.6 is 0 Å². The van der Waals surface area contributed by atoms with Gasteiger partial charge in [-0.25, -0.2) is 0 Å². The highest BCUT2D eigenvalue weighted by Gasteiger charge is 2.33. The van der Waals surface area contributed by atoms with E-state index in [9.17, 15) is 9.59 Å². The molecule has 0 aromatic heterocycles. The molecule has 0 radical (unpaired) electrons. The van der Waals surface area contributed by atoms with Gasteiger partial charge >= 0.3 is 0 Å². The molecule has 2 fully saturated rings. The predicted octanol–water partition coefficient (Wildman–Crippen LogP) is 4.50. The summed E-state index contributed by atoms with van der Waals surface area (Å²) in [6.07, 6.45) is 9.02. The molecule has 2 aliphatic heterocycles. The van der Waals surface area contributed by atoms with Crippen molar-refractivity contribution in [3.8, 4) is 0 Å². The highest BCUT2D eigenvalue weighted by Crippen LogP contribution is 2.24. The molecule has 8 heteroatoms. The molecule has 2 atom stereocenters. The first-order valence-corrected chi connectivity index (χ1v) is 16.6. The van der Waals surface area contributed by atoms with E-state index in [0.717, 1.165) is 103 Å². The number of hydrogen-bond donors (Lipinski definition) is 2. The number of amides is 2. The lowest BCUT2D eigenvalue weighted by atomic mass is 9.99. The number of rotatable bonds is 18. The molecule has 2 rings (SSSR count). The third-order valence-corrected chi connectivity index (χ3v) is 9.25. The Hall–Kier alpha value is -1.22. The molecule has 0 saturated carbocycles. The zero-order valence-electron chi connectivity index (χ0n) is 27.2. The summed E-state index contributed by atoms with van der Waals surface area (Å²) < 4.78 is 0. The van der Waals surface area contributed by atoms with Gasteiger partial charge in [0.15, 0.2) is 0 Å². The highest BCUT2D eigenvalue weighted by molar-refractivity contribution is 5.78. The van der Waals surface area contributed by atoms with Gasteiger partial charge in [0.2, 0.25) is 11.8 Å². The smallest absolute Gasteiger partial charge is 0.225 e. The quantitative estimate of drug-likeness (QED) is 0.187. The van der Waals surface area contributed by atoms with E-state index in [2.05, 4.69) is 53.0 Å². The van der Waals surface area contributed by atoms with Gasteiger partial charge in [0, 0.05) is 72.6 Å². The first-order valence-electron chi connectivity index (χ1n) is 16.6. The highest BCUT2D eigenvalue weighted by atomic mass is 16.2. The fourth-order valence-corrected chi connectivity index (χ4v) is 6.10. The summed E-state index contributed by atoms with van der Waals surface area (Å²) in [5.41, 5.74) is 0. The Morgan fingerprint density at radius 1 is 0.900 bits per heavy atom. The van der Waals surface area contributed by atoms with Crippen molar-refractivity contribution in [3.63, 3.8) is 0 Å². The van der Waals surface area contributed by atoms with E-state index >= 15 is 0 Å². The molecule has 2 heterocycles. The van der Waals surface area contributed by atoms with Crippen molar-refractivity contribution in [2.24, 2.45) is 11.8 Å². The molecule has 0 spiro atoms. The Morgan fingerprint density at radius 3 is 2.12 bits per heavy atom. The average molecular weight is 569 g/mol. The third-order valence-electron chi connectivity index (χ3n) is 9.25. The van der Waals surface area contributed by atoms with Gasteiger partial charge in [-0.2, -0.15) is 0 Å². The van der Waals surface area contributed by atoms with Crippen LogP contribution in [0.25, 0.3) is 0 Å². The molecule has 0 aromatic carbocycles. The lowest BCUT2D eigenvalue weighted by Crippen LogP contribution is -2.55. The summed E-state index contributed by atoms with van der Waals surface area (Å²) in [5.74, 6) is 1.37. The van der Waals surface area contributed by atoms with Crippen molar-refractivity contribution in [1.82, 2.24) is 30.2 Å². The Kier molecular flexibility index (Phi) is 16.7. The molecule has 2 amide bonds. The van der Waals surface area contributed by atoms with Crippen LogP contribution in [0.15, 0.2) is 0 Å². The molecule has 40 heavy (non-hydrogen) atoms. The average Bonchev–Trinajstić information content (AvgIpc) is 2.97. The zero-order chi connectivity index (χ0) is 29.5. The molecule has 2 N–H and O–H groups in total. The molecule has 2 saturated heterocycles. The molecule has 238 valence electrons. The van der Waals surface area contributed by atoms with Crippen molar-refractivity contribution in [3.05, 3.63) is 0 Å². The van der Waals surface area contributed by atoms with Crippen molar-refractivity contribution in [2.45, 2.75) is 117 Å². The van der Waals surface area contributed by atoms with E-state index in [1.165, 1.54) is 13.0 Å². The van der Waals surface area contributed by atoms with Crippen LogP contribution in [0.3, 0.4) is 0 Å². The summed E-state index contributed by atoms with van der Waals surface area (Å²) in [5, 5.41) is 6.86. The fourth-order valence-electron chi connectivity index (χ4n) is 6.10. The number of nitrogens with one attached hydrogen (secondary N) is 2. The number of likely N-dealkylation sites (tertiary alicyclic amines) is 2. The largest absolute Gasteiger partial charge is 0.342 e. The van der Waals surface area contributed by atoms with Gasteiger partial charge in [-0.3, -0.25) is 14.5 Å². The van der Waals surface area contributed by atoms with Crippen LogP contribution < -0.4 is 10.6 Å². The summed E-state index contributed by atoms with van der Waals surface area (Å²) in [6, 6.07) is 1.23. The minimum atomic E-state index is 0. The predicted molar refractivity (Wildman–Crippen MR) is 172 cm³/mol. The first kappa shape index (κ1) is 35.0. The maximum atomic E-state index is 13.8. The topological polar surface area (TPSA) is 71.2 Å². The van der Waals surface area contributed by atoms with E-state index in [0.29, 0.717) is 30.5 Å². The van der Waals surface area contributed by atoms with Gasteiger partial charge in [0.05, 0.1) is 6.67 Å².